The molecule has 7 heteroatoms. The zero-order valence-electron chi connectivity index (χ0n) is 16.2. The highest BCUT2D eigenvalue weighted by Gasteiger charge is 2.14. The molecule has 1 aromatic heterocycles. The van der Waals surface area contributed by atoms with Crippen LogP contribution in [0.15, 0.2) is 42.7 Å². The van der Waals surface area contributed by atoms with Gasteiger partial charge in [-0.1, -0.05) is 17.7 Å². The third kappa shape index (κ3) is 6.41. The van der Waals surface area contributed by atoms with Gasteiger partial charge in [-0.2, -0.15) is 0 Å². The number of morpholine rings is 1. The Morgan fingerprint density at radius 2 is 2.14 bits per heavy atom. The predicted molar refractivity (Wildman–Crippen MR) is 119 cm³/mol. The van der Waals surface area contributed by atoms with Crippen LogP contribution in [0.5, 0.6) is 0 Å². The number of hydrogen-bond acceptors (Lipinski definition) is 4. The third-order valence-corrected chi connectivity index (χ3v) is 5.41. The van der Waals surface area contributed by atoms with Gasteiger partial charge in [-0.05, 0) is 61.0 Å². The van der Waals surface area contributed by atoms with Gasteiger partial charge in [-0.15, -0.1) is 0 Å². The molecule has 0 amide bonds. The van der Waals surface area contributed by atoms with Gasteiger partial charge in [0, 0.05) is 55.8 Å². The maximum Gasteiger partial charge on any atom is 0.173 e. The minimum Gasteiger partial charge on any atom is -0.379 e. The second-order valence-corrected chi connectivity index (χ2v) is 7.80. The second-order valence-electron chi connectivity index (χ2n) is 6.98. The van der Waals surface area contributed by atoms with Crippen LogP contribution in [-0.4, -0.2) is 59.3 Å². The van der Waals surface area contributed by atoms with Crippen LogP contribution in [0, 0.1) is 6.92 Å². The number of thiocarbonyl (C=S) groups is 1. The van der Waals surface area contributed by atoms with Crippen molar-refractivity contribution in [2.75, 3.05) is 44.7 Å². The molecule has 1 aromatic carbocycles. The summed E-state index contributed by atoms with van der Waals surface area (Å²) in [7, 11) is 0. The van der Waals surface area contributed by atoms with Crippen LogP contribution in [0.2, 0.25) is 5.02 Å². The molecule has 2 aromatic rings. The first-order valence-electron chi connectivity index (χ1n) is 9.63. The van der Waals surface area contributed by atoms with Gasteiger partial charge < -0.3 is 15.0 Å². The van der Waals surface area contributed by atoms with Crippen molar-refractivity contribution >= 4 is 34.6 Å². The van der Waals surface area contributed by atoms with Gasteiger partial charge in [-0.25, -0.2) is 0 Å². The molecular weight excluding hydrogens is 392 g/mol. The number of aryl methyl sites for hydroxylation is 1. The molecule has 0 unspecified atom stereocenters. The number of hydrogen-bond donors (Lipinski definition) is 1. The molecule has 0 saturated carbocycles. The van der Waals surface area contributed by atoms with Crippen molar-refractivity contribution in [3.05, 3.63) is 58.9 Å². The first-order chi connectivity index (χ1) is 13.6. The van der Waals surface area contributed by atoms with Crippen LogP contribution in [0.3, 0.4) is 0 Å². The van der Waals surface area contributed by atoms with Gasteiger partial charge in [0.25, 0.3) is 0 Å². The van der Waals surface area contributed by atoms with Crippen molar-refractivity contribution in [3.8, 4) is 0 Å². The van der Waals surface area contributed by atoms with Crippen LogP contribution in [0.1, 0.15) is 17.5 Å². The van der Waals surface area contributed by atoms with Gasteiger partial charge in [0.1, 0.15) is 0 Å². The highest BCUT2D eigenvalue weighted by molar-refractivity contribution is 7.80. The average molecular weight is 419 g/mol. The summed E-state index contributed by atoms with van der Waals surface area (Å²) in [6.07, 6.45) is 4.73. The van der Waals surface area contributed by atoms with Crippen LogP contribution >= 0.6 is 23.8 Å². The maximum atomic E-state index is 6.07. The summed E-state index contributed by atoms with van der Waals surface area (Å²) in [5, 5.41) is 4.84. The van der Waals surface area contributed by atoms with Crippen molar-refractivity contribution in [1.82, 2.24) is 14.8 Å². The molecule has 1 saturated heterocycles. The number of aromatic nitrogens is 1. The van der Waals surface area contributed by atoms with E-state index < -0.39 is 0 Å². The Morgan fingerprint density at radius 3 is 2.86 bits per heavy atom. The molecular formula is C21H27ClN4OS. The molecule has 0 atom stereocenters. The lowest BCUT2D eigenvalue weighted by Gasteiger charge is -2.30. The number of anilines is 1. The lowest BCUT2D eigenvalue weighted by atomic mass is 10.2. The van der Waals surface area contributed by atoms with E-state index in [9.17, 15) is 0 Å². The Hall–Kier alpha value is -1.73. The fourth-order valence-corrected chi connectivity index (χ4v) is 3.73. The molecule has 1 N–H and O–H groups in total. The van der Waals surface area contributed by atoms with Crippen molar-refractivity contribution in [2.45, 2.75) is 19.9 Å². The van der Waals surface area contributed by atoms with Crippen LogP contribution < -0.4 is 5.32 Å². The van der Waals surface area contributed by atoms with E-state index in [4.69, 9.17) is 28.6 Å². The Kier molecular flexibility index (Phi) is 8.03. The first kappa shape index (κ1) is 21.0. The molecule has 0 bridgehead atoms. The van der Waals surface area contributed by atoms with Gasteiger partial charge in [0.15, 0.2) is 5.11 Å². The molecule has 1 fully saturated rings. The van der Waals surface area contributed by atoms with E-state index in [2.05, 4.69) is 26.2 Å². The zero-order valence-corrected chi connectivity index (χ0v) is 17.8. The molecule has 0 spiro atoms. The molecule has 0 aliphatic carbocycles. The average Bonchev–Trinajstić information content (AvgIpc) is 2.71. The van der Waals surface area contributed by atoms with Crippen LogP contribution in [0.25, 0.3) is 0 Å². The lowest BCUT2D eigenvalue weighted by Crippen LogP contribution is -2.40. The summed E-state index contributed by atoms with van der Waals surface area (Å²) in [6, 6.07) is 9.83. The molecule has 28 heavy (non-hydrogen) atoms. The second kappa shape index (κ2) is 10.7. The molecule has 2 heterocycles. The van der Waals surface area contributed by atoms with Gasteiger partial charge in [0.2, 0.25) is 0 Å². The van der Waals surface area contributed by atoms with Crippen LogP contribution in [-0.2, 0) is 11.3 Å². The SMILES string of the molecule is Cc1cc(Cl)ccc1NC(=S)N(CCCN1CCOCC1)Cc1cccnc1. The van der Waals surface area contributed by atoms with E-state index in [1.54, 1.807) is 6.20 Å². The van der Waals surface area contributed by atoms with Gasteiger partial charge in [-0.3, -0.25) is 9.88 Å². The molecule has 1 aliphatic heterocycles. The first-order valence-corrected chi connectivity index (χ1v) is 10.4. The molecule has 1 aliphatic rings. The number of benzene rings is 1. The number of nitrogens with zero attached hydrogens (tertiary/aromatic N) is 3. The zero-order chi connectivity index (χ0) is 19.8. The topological polar surface area (TPSA) is 40.6 Å². The standard InChI is InChI=1S/C21H27ClN4OS/c1-17-14-19(22)5-6-20(17)24-21(28)26(16-18-4-2-7-23-15-18)9-3-8-25-10-12-27-13-11-25/h2,4-7,14-15H,3,8-13,16H2,1H3,(H,24,28). The largest absolute Gasteiger partial charge is 0.379 e. The Morgan fingerprint density at radius 1 is 1.32 bits per heavy atom. The fraction of sp³-hybridized carbons (Fsp3) is 0.429. The number of pyridine rings is 1. The Bertz CT molecular complexity index is 768. The van der Waals surface area contributed by atoms with Crippen molar-refractivity contribution in [3.63, 3.8) is 0 Å². The minimum absolute atomic E-state index is 0.719. The Labute approximate surface area is 177 Å². The van der Waals surface area contributed by atoms with Crippen molar-refractivity contribution in [2.24, 2.45) is 0 Å². The van der Waals surface area contributed by atoms with Gasteiger partial charge >= 0.3 is 0 Å². The molecule has 3 rings (SSSR count). The van der Waals surface area contributed by atoms with Crippen molar-refractivity contribution in [1.29, 1.82) is 0 Å². The Balaban J connectivity index is 1.62. The number of rotatable bonds is 7. The summed E-state index contributed by atoms with van der Waals surface area (Å²) in [4.78, 5) is 8.89. The third-order valence-electron chi connectivity index (χ3n) is 4.82. The van der Waals surface area contributed by atoms with E-state index in [0.29, 0.717) is 0 Å². The predicted octanol–water partition coefficient (Wildman–Crippen LogP) is 3.96. The number of halogens is 1. The number of ether oxygens (including phenoxy) is 1. The van der Waals surface area contributed by atoms with E-state index in [1.165, 1.54) is 0 Å². The highest BCUT2D eigenvalue weighted by atomic mass is 35.5. The minimum atomic E-state index is 0.719. The van der Waals surface area contributed by atoms with E-state index in [1.807, 2.05) is 37.4 Å². The summed E-state index contributed by atoms with van der Waals surface area (Å²) in [5.74, 6) is 0. The lowest BCUT2D eigenvalue weighted by molar-refractivity contribution is 0.0368. The normalized spacial score (nSPS) is 14.6. The summed E-state index contributed by atoms with van der Waals surface area (Å²) in [6.45, 7) is 8.37. The molecule has 150 valence electrons. The molecule has 5 nitrogen and oxygen atoms in total. The van der Waals surface area contributed by atoms with E-state index >= 15 is 0 Å². The smallest absolute Gasteiger partial charge is 0.173 e. The summed E-state index contributed by atoms with van der Waals surface area (Å²) >= 11 is 11.8. The number of nitrogens with one attached hydrogen (secondary N) is 1. The van der Waals surface area contributed by atoms with E-state index in [-0.39, 0.29) is 0 Å². The monoisotopic (exact) mass is 418 g/mol. The summed E-state index contributed by atoms with van der Waals surface area (Å²) in [5.41, 5.74) is 3.20. The van der Waals surface area contributed by atoms with Gasteiger partial charge in [0.05, 0.1) is 13.2 Å². The summed E-state index contributed by atoms with van der Waals surface area (Å²) < 4.78 is 5.43. The van der Waals surface area contributed by atoms with Crippen molar-refractivity contribution < 1.29 is 4.74 Å². The highest BCUT2D eigenvalue weighted by Crippen LogP contribution is 2.20. The van der Waals surface area contributed by atoms with E-state index in [0.717, 1.165) is 79.3 Å². The quantitative estimate of drug-likeness (QED) is 0.686. The maximum absolute atomic E-state index is 6.07. The van der Waals surface area contributed by atoms with Crippen LogP contribution in [0.4, 0.5) is 5.69 Å². The fourth-order valence-electron chi connectivity index (χ4n) is 3.24. The molecule has 0 radical (unpaired) electrons.